The number of amides is 1. The molecule has 0 saturated carbocycles. The number of phenols is 1. The minimum absolute atomic E-state index is 0.0506. The van der Waals surface area contributed by atoms with E-state index in [2.05, 4.69) is 31.3 Å². The maximum absolute atomic E-state index is 13.1. The Hall–Kier alpha value is -2.78. The zero-order chi connectivity index (χ0) is 20.1. The molecule has 28 heavy (non-hydrogen) atoms. The summed E-state index contributed by atoms with van der Waals surface area (Å²) >= 11 is 6.12. The van der Waals surface area contributed by atoms with Crippen molar-refractivity contribution in [1.29, 1.82) is 0 Å². The van der Waals surface area contributed by atoms with Gasteiger partial charge in [-0.15, -0.1) is 0 Å². The normalized spacial score (nSPS) is 12.0. The van der Waals surface area contributed by atoms with Crippen molar-refractivity contribution in [1.82, 2.24) is 5.32 Å². The van der Waals surface area contributed by atoms with Crippen LogP contribution in [0.25, 0.3) is 0 Å². The third-order valence-electron chi connectivity index (χ3n) is 4.81. The smallest absolute Gasteiger partial charge is 0.232 e. The number of nitrogens with one attached hydrogen (secondary N) is 1. The van der Waals surface area contributed by atoms with Crippen molar-refractivity contribution in [3.8, 4) is 5.75 Å². The number of hydrogen-bond acceptors (Lipinski definition) is 2. The average molecular weight is 394 g/mol. The third-order valence-corrected chi connectivity index (χ3v) is 5.04. The molecule has 0 fully saturated rings. The number of hydrogen-bond donors (Lipinski definition) is 2. The fourth-order valence-electron chi connectivity index (χ4n) is 3.19. The van der Waals surface area contributed by atoms with Gasteiger partial charge in [0.25, 0.3) is 0 Å². The molecule has 0 spiro atoms. The molecule has 0 aliphatic rings. The van der Waals surface area contributed by atoms with Crippen LogP contribution in [-0.4, -0.2) is 11.0 Å². The number of phenolic OH excluding ortho intramolecular Hbond substituents is 1. The average Bonchev–Trinajstić information content (AvgIpc) is 2.70. The fourth-order valence-corrected chi connectivity index (χ4v) is 3.37. The van der Waals surface area contributed by atoms with Crippen molar-refractivity contribution in [3.63, 3.8) is 0 Å². The molecule has 3 rings (SSSR count). The van der Waals surface area contributed by atoms with Gasteiger partial charge in [-0.2, -0.15) is 0 Å². The Bertz CT molecular complexity index is 937. The van der Waals surface area contributed by atoms with Crippen LogP contribution in [-0.2, 0) is 11.3 Å². The van der Waals surface area contributed by atoms with E-state index in [-0.39, 0.29) is 11.7 Å². The van der Waals surface area contributed by atoms with Crippen molar-refractivity contribution >= 4 is 17.5 Å². The second kappa shape index (κ2) is 8.94. The van der Waals surface area contributed by atoms with Crippen molar-refractivity contribution < 1.29 is 9.90 Å². The molecule has 0 saturated heterocycles. The number of halogens is 1. The predicted octanol–water partition coefficient (Wildman–Crippen LogP) is 5.62. The SMILES string of the molecule is CC(C)c1ccc(CNC(=O)[C@H](c2ccccc2)c2cc(Cl)ccc2O)cc1. The lowest BCUT2D eigenvalue weighted by Gasteiger charge is -2.19. The highest BCUT2D eigenvalue weighted by molar-refractivity contribution is 6.30. The quantitative estimate of drug-likeness (QED) is 0.571. The van der Waals surface area contributed by atoms with E-state index in [0.717, 1.165) is 11.1 Å². The van der Waals surface area contributed by atoms with Gasteiger partial charge in [0, 0.05) is 17.1 Å². The van der Waals surface area contributed by atoms with Gasteiger partial charge in [0.1, 0.15) is 5.75 Å². The molecule has 3 aromatic carbocycles. The molecule has 3 nitrogen and oxygen atoms in total. The predicted molar refractivity (Wildman–Crippen MR) is 114 cm³/mol. The highest BCUT2D eigenvalue weighted by atomic mass is 35.5. The molecule has 0 heterocycles. The van der Waals surface area contributed by atoms with Crippen LogP contribution in [0.1, 0.15) is 47.9 Å². The summed E-state index contributed by atoms with van der Waals surface area (Å²) in [5.41, 5.74) is 3.58. The van der Waals surface area contributed by atoms with E-state index in [1.807, 2.05) is 42.5 Å². The molecular weight excluding hydrogens is 370 g/mol. The lowest BCUT2D eigenvalue weighted by molar-refractivity contribution is -0.121. The van der Waals surface area contributed by atoms with Gasteiger partial charge in [-0.1, -0.05) is 80.0 Å². The molecule has 2 N–H and O–H groups in total. The van der Waals surface area contributed by atoms with E-state index < -0.39 is 5.92 Å². The Morgan fingerprint density at radius 3 is 2.29 bits per heavy atom. The summed E-state index contributed by atoms with van der Waals surface area (Å²) in [4.78, 5) is 13.1. The number of aromatic hydroxyl groups is 1. The van der Waals surface area contributed by atoms with Gasteiger partial charge in [-0.3, -0.25) is 4.79 Å². The number of carbonyl (C=O) groups excluding carboxylic acids is 1. The summed E-state index contributed by atoms with van der Waals surface area (Å²) in [5.74, 6) is -0.307. The van der Waals surface area contributed by atoms with E-state index in [0.29, 0.717) is 23.0 Å². The third kappa shape index (κ3) is 4.73. The highest BCUT2D eigenvalue weighted by Gasteiger charge is 2.25. The standard InChI is InChI=1S/C24H24ClNO2/c1-16(2)18-10-8-17(9-11-18)15-26-24(28)23(19-6-4-3-5-7-19)21-14-20(25)12-13-22(21)27/h3-14,16,23,27H,15H2,1-2H3,(H,26,28)/t23-/m1/s1. The lowest BCUT2D eigenvalue weighted by atomic mass is 9.89. The minimum atomic E-state index is -0.644. The Balaban J connectivity index is 1.84. The Morgan fingerprint density at radius 2 is 1.64 bits per heavy atom. The largest absolute Gasteiger partial charge is 0.508 e. The van der Waals surface area contributed by atoms with Crippen LogP contribution < -0.4 is 5.32 Å². The summed E-state index contributed by atoms with van der Waals surface area (Å²) < 4.78 is 0. The first kappa shape index (κ1) is 20.0. The second-order valence-electron chi connectivity index (χ2n) is 7.16. The van der Waals surface area contributed by atoms with Crippen LogP contribution in [0.15, 0.2) is 72.8 Å². The molecule has 3 aromatic rings. The summed E-state index contributed by atoms with van der Waals surface area (Å²) in [6, 6.07) is 22.4. The van der Waals surface area contributed by atoms with E-state index in [1.165, 1.54) is 11.6 Å². The number of benzene rings is 3. The monoisotopic (exact) mass is 393 g/mol. The van der Waals surface area contributed by atoms with Crippen LogP contribution in [0, 0.1) is 0 Å². The van der Waals surface area contributed by atoms with Crippen LogP contribution in [0.5, 0.6) is 5.75 Å². The van der Waals surface area contributed by atoms with Gasteiger partial charge < -0.3 is 10.4 Å². The van der Waals surface area contributed by atoms with Gasteiger partial charge in [-0.25, -0.2) is 0 Å². The van der Waals surface area contributed by atoms with Crippen molar-refractivity contribution in [3.05, 3.63) is 100 Å². The lowest BCUT2D eigenvalue weighted by Crippen LogP contribution is -2.29. The summed E-state index contributed by atoms with van der Waals surface area (Å²) in [6.45, 7) is 4.72. The molecule has 0 aromatic heterocycles. The first-order valence-electron chi connectivity index (χ1n) is 9.35. The minimum Gasteiger partial charge on any atom is -0.508 e. The molecule has 0 radical (unpaired) electrons. The van der Waals surface area contributed by atoms with Crippen molar-refractivity contribution in [2.45, 2.75) is 32.2 Å². The van der Waals surface area contributed by atoms with Gasteiger partial charge in [-0.05, 0) is 40.8 Å². The summed E-state index contributed by atoms with van der Waals surface area (Å²) in [5, 5.41) is 13.8. The second-order valence-corrected chi connectivity index (χ2v) is 7.60. The van der Waals surface area contributed by atoms with Crippen molar-refractivity contribution in [2.75, 3.05) is 0 Å². The van der Waals surface area contributed by atoms with E-state index >= 15 is 0 Å². The summed E-state index contributed by atoms with van der Waals surface area (Å²) in [7, 11) is 0. The molecular formula is C24H24ClNO2. The van der Waals surface area contributed by atoms with Crippen LogP contribution in [0.3, 0.4) is 0 Å². The zero-order valence-electron chi connectivity index (χ0n) is 16.0. The maximum Gasteiger partial charge on any atom is 0.232 e. The van der Waals surface area contributed by atoms with Gasteiger partial charge in [0.15, 0.2) is 0 Å². The summed E-state index contributed by atoms with van der Waals surface area (Å²) in [6.07, 6.45) is 0. The first-order valence-corrected chi connectivity index (χ1v) is 9.73. The van der Waals surface area contributed by atoms with Crippen LogP contribution in [0.4, 0.5) is 0 Å². The molecule has 0 unspecified atom stereocenters. The van der Waals surface area contributed by atoms with Crippen molar-refractivity contribution in [2.24, 2.45) is 0 Å². The van der Waals surface area contributed by atoms with Gasteiger partial charge in [0.2, 0.25) is 5.91 Å². The molecule has 0 aliphatic heterocycles. The zero-order valence-corrected chi connectivity index (χ0v) is 16.8. The van der Waals surface area contributed by atoms with Gasteiger partial charge in [0.05, 0.1) is 5.92 Å². The Labute approximate surface area is 171 Å². The number of carbonyl (C=O) groups is 1. The van der Waals surface area contributed by atoms with Gasteiger partial charge >= 0.3 is 0 Å². The Kier molecular flexibility index (Phi) is 6.37. The van der Waals surface area contributed by atoms with E-state index in [1.54, 1.807) is 12.1 Å². The molecule has 0 aliphatic carbocycles. The molecule has 144 valence electrons. The maximum atomic E-state index is 13.1. The van der Waals surface area contributed by atoms with E-state index in [9.17, 15) is 9.90 Å². The molecule has 1 atom stereocenters. The fraction of sp³-hybridized carbons (Fsp3) is 0.208. The molecule has 1 amide bonds. The molecule has 4 heteroatoms. The molecule has 0 bridgehead atoms. The van der Waals surface area contributed by atoms with Crippen LogP contribution in [0.2, 0.25) is 5.02 Å². The van der Waals surface area contributed by atoms with Crippen LogP contribution >= 0.6 is 11.6 Å². The van der Waals surface area contributed by atoms with E-state index in [4.69, 9.17) is 11.6 Å². The topological polar surface area (TPSA) is 49.3 Å². The first-order chi connectivity index (χ1) is 13.5. The highest BCUT2D eigenvalue weighted by Crippen LogP contribution is 2.33. The Morgan fingerprint density at radius 1 is 0.964 bits per heavy atom. The number of rotatable bonds is 6.